The highest BCUT2D eigenvalue weighted by Gasteiger charge is 2.24. The van der Waals surface area contributed by atoms with Crippen molar-refractivity contribution in [2.45, 2.75) is 51.7 Å². The van der Waals surface area contributed by atoms with Crippen LogP contribution in [0.4, 0.5) is 0 Å². The third-order valence-electron chi connectivity index (χ3n) is 2.87. The predicted molar refractivity (Wildman–Crippen MR) is 80.2 cm³/mol. The number of carbonyl (C=O) groups is 1. The molecule has 0 aliphatic carbocycles. The molecule has 1 aromatic carbocycles. The van der Waals surface area contributed by atoms with E-state index in [4.69, 9.17) is 9.53 Å². The van der Waals surface area contributed by atoms with Gasteiger partial charge in [-0.25, -0.2) is 0 Å². The van der Waals surface area contributed by atoms with E-state index in [0.29, 0.717) is 0 Å². The Balaban J connectivity index is 2.75. The van der Waals surface area contributed by atoms with E-state index in [2.05, 4.69) is 34.6 Å². The van der Waals surface area contributed by atoms with E-state index in [-0.39, 0.29) is 17.1 Å². The van der Waals surface area contributed by atoms with Crippen LogP contribution in [-0.4, -0.2) is 20.8 Å². The Morgan fingerprint density at radius 2 is 1.68 bits per heavy atom. The van der Waals surface area contributed by atoms with E-state index in [0.717, 1.165) is 11.1 Å². The summed E-state index contributed by atoms with van der Waals surface area (Å²) in [6.45, 7) is 10.7. The average molecular weight is 280 g/mol. The smallest absolute Gasteiger partial charge is 0.307 e. The number of carboxylic acids is 1. The summed E-state index contributed by atoms with van der Waals surface area (Å²) in [6, 6.07) is 7.67. The highest BCUT2D eigenvalue weighted by molar-refractivity contribution is 6.31. The molecule has 0 amide bonds. The van der Waals surface area contributed by atoms with Crippen LogP contribution in [0.2, 0.25) is 5.04 Å². The number of carboxylic acid groups (broad SMARTS) is 1. The molecule has 0 bridgehead atoms. The molecule has 1 N–H and O–H groups in total. The number of aliphatic carboxylic acids is 1. The Labute approximate surface area is 117 Å². The lowest BCUT2D eigenvalue weighted by Gasteiger charge is -2.30. The molecule has 0 fully saturated rings. The predicted octanol–water partition coefficient (Wildman–Crippen LogP) is 2.87. The van der Waals surface area contributed by atoms with Crippen molar-refractivity contribution in [1.82, 2.24) is 0 Å². The number of benzene rings is 1. The number of hydrogen-bond acceptors (Lipinski definition) is 2. The lowest BCUT2D eigenvalue weighted by atomic mass is 9.97. The Hall–Kier alpha value is -1.13. The number of rotatable bonds is 5. The minimum atomic E-state index is -0.802. The molecule has 1 aromatic rings. The first-order valence-corrected chi connectivity index (χ1v) is 7.84. The van der Waals surface area contributed by atoms with E-state index in [1.54, 1.807) is 0 Å². The quantitative estimate of drug-likeness (QED) is 0.844. The molecule has 4 heteroatoms. The standard InChI is InChI=1S/C15H24O3Si/c1-14(2,3)19-18-15(4,5)12-8-6-11(7-9-12)10-13(16)17/h6-9H,10,19H2,1-5H3,(H,16,17). The first-order chi connectivity index (χ1) is 8.60. The molecule has 1 rings (SSSR count). The van der Waals surface area contributed by atoms with Crippen LogP contribution in [0.5, 0.6) is 0 Å². The Morgan fingerprint density at radius 3 is 2.11 bits per heavy atom. The van der Waals surface area contributed by atoms with Gasteiger partial charge in [0.1, 0.15) is 0 Å². The van der Waals surface area contributed by atoms with Crippen molar-refractivity contribution in [2.75, 3.05) is 0 Å². The second kappa shape index (κ2) is 5.88. The molecular formula is C15H24O3Si. The average Bonchev–Trinajstić information content (AvgIpc) is 2.26. The maximum Gasteiger partial charge on any atom is 0.307 e. The van der Waals surface area contributed by atoms with Crippen molar-refractivity contribution in [3.8, 4) is 0 Å². The largest absolute Gasteiger partial charge is 0.481 e. The summed E-state index contributed by atoms with van der Waals surface area (Å²) in [7, 11) is -0.620. The molecule has 0 heterocycles. The summed E-state index contributed by atoms with van der Waals surface area (Å²) >= 11 is 0. The minimum absolute atomic E-state index is 0.0678. The molecule has 0 atom stereocenters. The van der Waals surface area contributed by atoms with Crippen LogP contribution in [0.1, 0.15) is 45.7 Å². The molecule has 0 radical (unpaired) electrons. The molecule has 3 nitrogen and oxygen atoms in total. The lowest BCUT2D eigenvalue weighted by Crippen LogP contribution is -2.27. The Morgan fingerprint density at radius 1 is 1.16 bits per heavy atom. The van der Waals surface area contributed by atoms with Crippen molar-refractivity contribution >= 4 is 15.7 Å². The van der Waals surface area contributed by atoms with Gasteiger partial charge in [-0.3, -0.25) is 4.79 Å². The maximum atomic E-state index is 10.6. The summed E-state index contributed by atoms with van der Waals surface area (Å²) < 4.78 is 6.12. The molecule has 0 aliphatic rings. The summed E-state index contributed by atoms with van der Waals surface area (Å²) in [5.41, 5.74) is 1.61. The fourth-order valence-corrected chi connectivity index (χ4v) is 2.64. The Bertz CT molecular complexity index is 430. The normalized spacial score (nSPS) is 13.1. The van der Waals surface area contributed by atoms with Crippen LogP contribution in [0.15, 0.2) is 24.3 Å². The molecule has 19 heavy (non-hydrogen) atoms. The van der Waals surface area contributed by atoms with Crippen molar-refractivity contribution in [3.05, 3.63) is 35.4 Å². The molecule has 0 saturated heterocycles. The van der Waals surface area contributed by atoms with E-state index < -0.39 is 15.7 Å². The van der Waals surface area contributed by atoms with Crippen LogP contribution < -0.4 is 0 Å². The monoisotopic (exact) mass is 280 g/mol. The second-order valence-electron chi connectivity index (χ2n) is 6.63. The van der Waals surface area contributed by atoms with Gasteiger partial charge >= 0.3 is 5.97 Å². The fraction of sp³-hybridized carbons (Fsp3) is 0.533. The van der Waals surface area contributed by atoms with Gasteiger partial charge in [-0.2, -0.15) is 0 Å². The SMILES string of the molecule is CC(C)(C)[SiH2]OC(C)(C)c1ccc(CC(=O)O)cc1. The van der Waals surface area contributed by atoms with Crippen molar-refractivity contribution < 1.29 is 14.3 Å². The van der Waals surface area contributed by atoms with E-state index in [9.17, 15) is 4.79 Å². The zero-order chi connectivity index (χ0) is 14.7. The van der Waals surface area contributed by atoms with Crippen LogP contribution in [-0.2, 0) is 21.2 Å². The highest BCUT2D eigenvalue weighted by atomic mass is 28.2. The van der Waals surface area contributed by atoms with Gasteiger partial charge in [-0.15, -0.1) is 0 Å². The van der Waals surface area contributed by atoms with Crippen molar-refractivity contribution in [2.24, 2.45) is 0 Å². The zero-order valence-electron chi connectivity index (χ0n) is 12.5. The van der Waals surface area contributed by atoms with Gasteiger partial charge in [0, 0.05) is 0 Å². The van der Waals surface area contributed by atoms with Gasteiger partial charge in [0.05, 0.1) is 12.0 Å². The molecule has 0 unspecified atom stereocenters. The van der Waals surface area contributed by atoms with E-state index in [1.165, 1.54) is 0 Å². The van der Waals surface area contributed by atoms with Crippen LogP contribution in [0.3, 0.4) is 0 Å². The zero-order valence-corrected chi connectivity index (χ0v) is 13.9. The van der Waals surface area contributed by atoms with Crippen molar-refractivity contribution in [3.63, 3.8) is 0 Å². The molecule has 0 aromatic heterocycles. The third kappa shape index (κ3) is 5.57. The first kappa shape index (κ1) is 15.9. The van der Waals surface area contributed by atoms with Crippen LogP contribution >= 0.6 is 0 Å². The fourth-order valence-electron chi connectivity index (χ4n) is 1.68. The molecule has 0 spiro atoms. The third-order valence-corrected chi connectivity index (χ3v) is 4.60. The first-order valence-electron chi connectivity index (χ1n) is 6.55. The van der Waals surface area contributed by atoms with Gasteiger partial charge in [-0.1, -0.05) is 45.0 Å². The minimum Gasteiger partial charge on any atom is -0.481 e. The highest BCUT2D eigenvalue weighted by Crippen LogP contribution is 2.29. The van der Waals surface area contributed by atoms with Gasteiger partial charge in [0.25, 0.3) is 0 Å². The topological polar surface area (TPSA) is 46.5 Å². The van der Waals surface area contributed by atoms with Crippen LogP contribution in [0, 0.1) is 0 Å². The van der Waals surface area contributed by atoms with E-state index >= 15 is 0 Å². The molecular weight excluding hydrogens is 256 g/mol. The van der Waals surface area contributed by atoms with Crippen LogP contribution in [0.25, 0.3) is 0 Å². The lowest BCUT2D eigenvalue weighted by molar-refractivity contribution is -0.136. The van der Waals surface area contributed by atoms with Gasteiger partial charge in [-0.05, 0) is 30.0 Å². The van der Waals surface area contributed by atoms with Gasteiger partial charge < -0.3 is 9.53 Å². The summed E-state index contributed by atoms with van der Waals surface area (Å²) in [5, 5.41) is 9.02. The Kier molecular flexibility index (Phi) is 4.93. The summed E-state index contributed by atoms with van der Waals surface area (Å²) in [4.78, 5) is 10.6. The molecule has 0 saturated carbocycles. The molecule has 0 aliphatic heterocycles. The summed E-state index contributed by atoms with van der Waals surface area (Å²) in [6.07, 6.45) is 0.0678. The molecule has 106 valence electrons. The second-order valence-corrected chi connectivity index (χ2v) is 9.33. The van der Waals surface area contributed by atoms with Crippen molar-refractivity contribution in [1.29, 1.82) is 0 Å². The summed E-state index contributed by atoms with van der Waals surface area (Å²) in [5.74, 6) is -0.802. The van der Waals surface area contributed by atoms with Gasteiger partial charge in [0.2, 0.25) is 0 Å². The van der Waals surface area contributed by atoms with Gasteiger partial charge in [0.15, 0.2) is 9.76 Å². The maximum absolute atomic E-state index is 10.6. The number of hydrogen-bond donors (Lipinski definition) is 1. The van der Waals surface area contributed by atoms with E-state index in [1.807, 2.05) is 24.3 Å².